The molecule has 1 aliphatic carbocycles. The highest BCUT2D eigenvalue weighted by molar-refractivity contribution is 5.79. The molecule has 1 aromatic rings. The van der Waals surface area contributed by atoms with E-state index in [4.69, 9.17) is 0 Å². The van der Waals surface area contributed by atoms with Gasteiger partial charge in [-0.3, -0.25) is 9.48 Å². The zero-order valence-electron chi connectivity index (χ0n) is 12.0. The van der Waals surface area contributed by atoms with Gasteiger partial charge in [0, 0.05) is 18.4 Å². The second-order valence-corrected chi connectivity index (χ2v) is 5.65. The zero-order chi connectivity index (χ0) is 14.6. The fourth-order valence-electron chi connectivity index (χ4n) is 2.24. The molecule has 0 radical (unpaired) electrons. The van der Waals surface area contributed by atoms with Crippen molar-refractivity contribution >= 4 is 5.91 Å². The van der Waals surface area contributed by atoms with Crippen LogP contribution < -0.4 is 10.6 Å². The summed E-state index contributed by atoms with van der Waals surface area (Å²) in [4.78, 5) is 11.9. The number of rotatable bonds is 7. The maximum atomic E-state index is 11.9. The number of carbonyl (C=O) groups is 1. The van der Waals surface area contributed by atoms with E-state index in [2.05, 4.69) is 21.8 Å². The molecule has 20 heavy (non-hydrogen) atoms. The molecule has 108 valence electrons. The summed E-state index contributed by atoms with van der Waals surface area (Å²) in [6.45, 7) is 4.72. The lowest BCUT2D eigenvalue weighted by atomic mass is 9.98. The van der Waals surface area contributed by atoms with E-state index in [0.717, 1.165) is 12.8 Å². The van der Waals surface area contributed by atoms with Crippen LogP contribution in [0.4, 0.5) is 0 Å². The number of hydrogen-bond acceptors (Lipinski definition) is 4. The minimum atomic E-state index is -0.718. The number of carbonyl (C=O) groups excluding carboxylic acids is 1. The molecular weight excluding hydrogens is 254 g/mol. The van der Waals surface area contributed by atoms with Crippen LogP contribution in [0.2, 0.25) is 0 Å². The van der Waals surface area contributed by atoms with Crippen molar-refractivity contribution in [2.75, 3.05) is 6.54 Å². The molecule has 0 aliphatic heterocycles. The third-order valence-electron chi connectivity index (χ3n) is 3.66. The number of nitrogens with one attached hydrogen (secondary N) is 2. The second-order valence-electron chi connectivity index (χ2n) is 5.65. The molecule has 1 amide bonds. The molecule has 2 N–H and O–H groups in total. The van der Waals surface area contributed by atoms with E-state index in [9.17, 15) is 10.1 Å². The molecule has 1 aliphatic rings. The van der Waals surface area contributed by atoms with E-state index in [-0.39, 0.29) is 18.5 Å². The molecule has 1 saturated carbocycles. The first-order valence-corrected chi connectivity index (χ1v) is 6.96. The average Bonchev–Trinajstić information content (AvgIpc) is 3.17. The Hall–Kier alpha value is -1.87. The average molecular weight is 275 g/mol. The van der Waals surface area contributed by atoms with Crippen LogP contribution >= 0.6 is 0 Å². The Labute approximate surface area is 119 Å². The van der Waals surface area contributed by atoms with Crippen LogP contribution in [-0.4, -0.2) is 33.8 Å². The Morgan fingerprint density at radius 2 is 2.40 bits per heavy atom. The molecular formula is C14H21N5O. The largest absolute Gasteiger partial charge is 0.337 e. The second kappa shape index (κ2) is 6.06. The smallest absolute Gasteiger partial charge is 0.235 e. The quantitative estimate of drug-likeness (QED) is 0.766. The van der Waals surface area contributed by atoms with Crippen LogP contribution in [-0.2, 0) is 11.3 Å². The van der Waals surface area contributed by atoms with Crippen molar-refractivity contribution in [3.05, 3.63) is 18.5 Å². The van der Waals surface area contributed by atoms with E-state index >= 15 is 0 Å². The van der Waals surface area contributed by atoms with Crippen LogP contribution in [0, 0.1) is 17.2 Å². The maximum Gasteiger partial charge on any atom is 0.235 e. The summed E-state index contributed by atoms with van der Waals surface area (Å²) in [7, 11) is 0. The van der Waals surface area contributed by atoms with Gasteiger partial charge in [-0.05, 0) is 38.7 Å². The number of aromatic nitrogens is 2. The normalized spacial score (nSPS) is 18.9. The predicted molar refractivity (Wildman–Crippen MR) is 74.6 cm³/mol. The van der Waals surface area contributed by atoms with Gasteiger partial charge in [-0.15, -0.1) is 0 Å². The van der Waals surface area contributed by atoms with Gasteiger partial charge in [0.1, 0.15) is 5.54 Å². The maximum absolute atomic E-state index is 11.9. The van der Waals surface area contributed by atoms with Crippen molar-refractivity contribution < 1.29 is 4.79 Å². The Kier molecular flexibility index (Phi) is 4.40. The predicted octanol–water partition coefficient (Wildman–Crippen LogP) is 0.670. The lowest BCUT2D eigenvalue weighted by Crippen LogP contribution is -2.50. The van der Waals surface area contributed by atoms with E-state index in [1.165, 1.54) is 0 Å². The number of hydrogen-bond donors (Lipinski definition) is 2. The third kappa shape index (κ3) is 3.81. The molecule has 0 saturated heterocycles. The summed E-state index contributed by atoms with van der Waals surface area (Å²) >= 11 is 0. The molecule has 2 unspecified atom stereocenters. The van der Waals surface area contributed by atoms with Crippen molar-refractivity contribution in [2.45, 2.75) is 44.8 Å². The third-order valence-corrected chi connectivity index (χ3v) is 3.66. The lowest BCUT2D eigenvalue weighted by molar-refractivity contribution is -0.121. The molecule has 6 heteroatoms. The first kappa shape index (κ1) is 14.5. The fourth-order valence-corrected chi connectivity index (χ4v) is 2.24. The highest BCUT2D eigenvalue weighted by atomic mass is 16.2. The minimum Gasteiger partial charge on any atom is -0.337 e. The van der Waals surface area contributed by atoms with E-state index in [0.29, 0.717) is 12.5 Å². The molecule has 0 spiro atoms. The van der Waals surface area contributed by atoms with E-state index in [1.807, 2.05) is 23.9 Å². The first-order chi connectivity index (χ1) is 9.53. The van der Waals surface area contributed by atoms with Crippen LogP contribution in [0.25, 0.3) is 0 Å². The fraction of sp³-hybridized carbons (Fsp3) is 0.643. The minimum absolute atomic E-state index is 0.131. The van der Waals surface area contributed by atoms with Gasteiger partial charge in [-0.25, -0.2) is 0 Å². The van der Waals surface area contributed by atoms with Gasteiger partial charge in [0.05, 0.1) is 19.2 Å². The van der Waals surface area contributed by atoms with Crippen molar-refractivity contribution in [2.24, 2.45) is 5.92 Å². The topological polar surface area (TPSA) is 82.7 Å². The monoisotopic (exact) mass is 275 g/mol. The molecule has 2 atom stereocenters. The van der Waals surface area contributed by atoms with Crippen LogP contribution in [0.3, 0.4) is 0 Å². The Morgan fingerprint density at radius 1 is 1.65 bits per heavy atom. The molecule has 0 bridgehead atoms. The van der Waals surface area contributed by atoms with Gasteiger partial charge < -0.3 is 10.6 Å². The van der Waals surface area contributed by atoms with Crippen LogP contribution in [0.1, 0.15) is 26.7 Å². The van der Waals surface area contributed by atoms with E-state index < -0.39 is 5.54 Å². The number of nitrogens with zero attached hydrogens (tertiary/aromatic N) is 3. The molecule has 1 heterocycles. The highest BCUT2D eigenvalue weighted by Gasteiger charge is 2.42. The summed E-state index contributed by atoms with van der Waals surface area (Å²) in [6, 6.07) is 4.22. The Bertz CT molecular complexity index is 488. The highest BCUT2D eigenvalue weighted by Crippen LogP contribution is 2.39. The van der Waals surface area contributed by atoms with Gasteiger partial charge in [-0.2, -0.15) is 10.4 Å². The van der Waals surface area contributed by atoms with Crippen LogP contribution in [0.15, 0.2) is 18.5 Å². The summed E-state index contributed by atoms with van der Waals surface area (Å²) in [5.41, 5.74) is -0.718. The standard InChI is InChI=1S/C14H21N5O/c1-11(9-19-7-3-6-17-19)16-8-13(20)18-14(2,10-15)12-4-5-12/h3,6-7,11-12,16H,4-5,8-9H2,1-2H3,(H,18,20). The summed E-state index contributed by atoms with van der Waals surface area (Å²) in [6.07, 6.45) is 5.66. The molecule has 1 aromatic heterocycles. The van der Waals surface area contributed by atoms with Gasteiger partial charge in [0.15, 0.2) is 0 Å². The molecule has 6 nitrogen and oxygen atoms in total. The van der Waals surface area contributed by atoms with Crippen molar-refractivity contribution in [1.82, 2.24) is 20.4 Å². The van der Waals surface area contributed by atoms with Crippen molar-refractivity contribution in [3.63, 3.8) is 0 Å². The van der Waals surface area contributed by atoms with Crippen molar-refractivity contribution in [1.29, 1.82) is 5.26 Å². The van der Waals surface area contributed by atoms with Gasteiger partial charge >= 0.3 is 0 Å². The van der Waals surface area contributed by atoms with Gasteiger partial charge in [-0.1, -0.05) is 0 Å². The zero-order valence-corrected chi connectivity index (χ0v) is 12.0. The SMILES string of the molecule is CC(Cn1cccn1)NCC(=O)NC(C)(C#N)C1CC1. The van der Waals surface area contributed by atoms with Gasteiger partial charge in [0.2, 0.25) is 5.91 Å². The summed E-state index contributed by atoms with van der Waals surface area (Å²) in [5, 5.41) is 19.3. The lowest BCUT2D eigenvalue weighted by Gasteiger charge is -2.23. The summed E-state index contributed by atoms with van der Waals surface area (Å²) in [5.74, 6) is 0.172. The Balaban J connectivity index is 1.73. The molecule has 2 rings (SSSR count). The Morgan fingerprint density at radius 3 is 2.95 bits per heavy atom. The molecule has 1 fully saturated rings. The first-order valence-electron chi connectivity index (χ1n) is 6.96. The van der Waals surface area contributed by atoms with Crippen LogP contribution in [0.5, 0.6) is 0 Å². The summed E-state index contributed by atoms with van der Waals surface area (Å²) < 4.78 is 1.82. The van der Waals surface area contributed by atoms with Crippen molar-refractivity contribution in [3.8, 4) is 6.07 Å². The number of amides is 1. The molecule has 0 aromatic carbocycles. The number of nitriles is 1. The van der Waals surface area contributed by atoms with Gasteiger partial charge in [0.25, 0.3) is 0 Å². The van der Waals surface area contributed by atoms with E-state index in [1.54, 1.807) is 13.1 Å².